The molecule has 104 valence electrons. The molecule has 6 nitrogen and oxygen atoms in total. The fraction of sp³-hybridized carbons (Fsp3) is 0.417. The van der Waals surface area contributed by atoms with Gasteiger partial charge in [-0.1, -0.05) is 12.0 Å². The summed E-state index contributed by atoms with van der Waals surface area (Å²) in [7, 11) is -3.66. The average molecular weight is 282 g/mol. The monoisotopic (exact) mass is 282 g/mol. The fourth-order valence-electron chi connectivity index (χ4n) is 1.27. The first-order valence-corrected chi connectivity index (χ1v) is 7.18. The molecule has 0 bridgehead atoms. The molecule has 1 aromatic heterocycles. The quantitative estimate of drug-likeness (QED) is 0.701. The smallest absolute Gasteiger partial charge is 0.300 e. The van der Waals surface area contributed by atoms with E-state index in [0.29, 0.717) is 5.69 Å². The lowest BCUT2D eigenvalue weighted by molar-refractivity contribution is 0.494. The first-order chi connectivity index (χ1) is 8.72. The van der Waals surface area contributed by atoms with E-state index < -0.39 is 15.7 Å². The second-order valence-corrected chi connectivity index (χ2v) is 6.29. The number of hydrogen-bond acceptors (Lipinski definition) is 4. The van der Waals surface area contributed by atoms with Crippen molar-refractivity contribution in [2.24, 2.45) is 5.73 Å². The van der Waals surface area contributed by atoms with Crippen LogP contribution in [0.5, 0.6) is 0 Å². The van der Waals surface area contributed by atoms with Crippen molar-refractivity contribution in [3.8, 4) is 11.8 Å². The topological polar surface area (TPSA) is 97.1 Å². The highest BCUT2D eigenvalue weighted by Gasteiger charge is 2.19. The lowest BCUT2D eigenvalue weighted by Crippen LogP contribution is -2.43. The summed E-state index contributed by atoms with van der Waals surface area (Å²) in [5.41, 5.74) is 5.16. The molecule has 0 unspecified atom stereocenters. The van der Waals surface area contributed by atoms with Crippen LogP contribution in [0.1, 0.15) is 26.5 Å². The zero-order chi connectivity index (χ0) is 14.5. The van der Waals surface area contributed by atoms with Gasteiger partial charge in [-0.2, -0.15) is 13.1 Å². The van der Waals surface area contributed by atoms with Crippen LogP contribution in [0, 0.1) is 11.8 Å². The molecule has 0 aliphatic rings. The van der Waals surface area contributed by atoms with Crippen LogP contribution in [0.4, 0.5) is 5.82 Å². The van der Waals surface area contributed by atoms with Crippen LogP contribution in [-0.2, 0) is 10.2 Å². The van der Waals surface area contributed by atoms with Crippen LogP contribution in [0.15, 0.2) is 18.2 Å². The van der Waals surface area contributed by atoms with Gasteiger partial charge in [0.2, 0.25) is 0 Å². The minimum absolute atomic E-state index is 0.209. The Morgan fingerprint density at radius 3 is 2.63 bits per heavy atom. The molecule has 0 radical (unpaired) electrons. The van der Waals surface area contributed by atoms with E-state index in [1.165, 1.54) is 0 Å². The molecular formula is C12H18N4O2S. The highest BCUT2D eigenvalue weighted by molar-refractivity contribution is 7.90. The number of hydrogen-bond donors (Lipinski definition) is 3. The van der Waals surface area contributed by atoms with Crippen LogP contribution in [0.3, 0.4) is 0 Å². The summed E-state index contributed by atoms with van der Waals surface area (Å²) in [4.78, 5) is 4.07. The molecule has 0 saturated heterocycles. The first-order valence-electron chi connectivity index (χ1n) is 5.69. The predicted octanol–water partition coefficient (Wildman–Crippen LogP) is 0.437. The highest BCUT2D eigenvalue weighted by atomic mass is 32.2. The summed E-state index contributed by atoms with van der Waals surface area (Å²) < 4.78 is 28.5. The molecule has 1 rings (SSSR count). The maximum absolute atomic E-state index is 11.8. The Labute approximate surface area is 114 Å². The van der Waals surface area contributed by atoms with E-state index in [1.54, 1.807) is 39.0 Å². The summed E-state index contributed by atoms with van der Waals surface area (Å²) in [5, 5.41) is 0. The van der Waals surface area contributed by atoms with Crippen molar-refractivity contribution >= 4 is 16.0 Å². The Hall–Kier alpha value is -1.62. The third kappa shape index (κ3) is 6.20. The molecule has 19 heavy (non-hydrogen) atoms. The summed E-state index contributed by atoms with van der Waals surface area (Å²) in [6, 6.07) is 4.90. The van der Waals surface area contributed by atoms with E-state index in [4.69, 9.17) is 5.73 Å². The van der Waals surface area contributed by atoms with Crippen molar-refractivity contribution in [2.75, 3.05) is 11.3 Å². The normalized spacial score (nSPS) is 11.6. The van der Waals surface area contributed by atoms with Crippen molar-refractivity contribution in [1.29, 1.82) is 0 Å². The highest BCUT2D eigenvalue weighted by Crippen LogP contribution is 2.08. The molecule has 0 atom stereocenters. The molecular weight excluding hydrogens is 264 g/mol. The molecule has 7 heteroatoms. The Bertz CT molecular complexity index is 594. The number of anilines is 1. The summed E-state index contributed by atoms with van der Waals surface area (Å²) in [6.07, 6.45) is 0. The van der Waals surface area contributed by atoms with Gasteiger partial charge in [-0.3, -0.25) is 4.72 Å². The molecule has 1 aromatic rings. The Kier molecular flexibility index (Phi) is 4.89. The summed E-state index contributed by atoms with van der Waals surface area (Å²) in [6.45, 7) is 5.48. The van der Waals surface area contributed by atoms with Gasteiger partial charge in [-0.15, -0.1) is 0 Å². The Morgan fingerprint density at radius 1 is 1.37 bits per heavy atom. The van der Waals surface area contributed by atoms with Crippen molar-refractivity contribution in [3.63, 3.8) is 0 Å². The summed E-state index contributed by atoms with van der Waals surface area (Å²) >= 11 is 0. The number of pyridine rings is 1. The van der Waals surface area contributed by atoms with Crippen molar-refractivity contribution in [2.45, 2.75) is 26.3 Å². The zero-order valence-corrected chi connectivity index (χ0v) is 12.0. The maximum Gasteiger partial charge on any atom is 0.300 e. The number of nitrogens with zero attached hydrogens (tertiary/aromatic N) is 1. The number of nitrogens with one attached hydrogen (secondary N) is 2. The SMILES string of the molecule is CC(C)(C)NS(=O)(=O)Nc1cccc(C#CCN)n1. The van der Waals surface area contributed by atoms with Gasteiger partial charge >= 0.3 is 10.2 Å². The zero-order valence-electron chi connectivity index (χ0n) is 11.2. The lowest BCUT2D eigenvalue weighted by atomic mass is 10.1. The van der Waals surface area contributed by atoms with E-state index in [9.17, 15) is 8.42 Å². The number of aromatic nitrogens is 1. The minimum atomic E-state index is -3.66. The predicted molar refractivity (Wildman–Crippen MR) is 75.6 cm³/mol. The standard InChI is InChI=1S/C12H18N4O2S/c1-12(2,3)16-19(17,18)15-11-8-4-6-10(14-11)7-5-9-13/h4,6,8,16H,9,13H2,1-3H3,(H,14,15). The van der Waals surface area contributed by atoms with Crippen molar-refractivity contribution in [1.82, 2.24) is 9.71 Å². The van der Waals surface area contributed by atoms with Crippen LogP contribution in [-0.4, -0.2) is 25.5 Å². The van der Waals surface area contributed by atoms with Gasteiger partial charge in [0.15, 0.2) is 0 Å². The average Bonchev–Trinajstić information content (AvgIpc) is 2.22. The van der Waals surface area contributed by atoms with E-state index >= 15 is 0 Å². The minimum Gasteiger partial charge on any atom is -0.320 e. The maximum atomic E-state index is 11.8. The van der Waals surface area contributed by atoms with Gasteiger partial charge in [0.05, 0.1) is 6.54 Å². The second-order valence-electron chi connectivity index (χ2n) is 4.87. The molecule has 0 amide bonds. The second kappa shape index (κ2) is 6.02. The van der Waals surface area contributed by atoms with Gasteiger partial charge in [0, 0.05) is 5.54 Å². The van der Waals surface area contributed by atoms with Crippen LogP contribution >= 0.6 is 0 Å². The van der Waals surface area contributed by atoms with Crippen molar-refractivity contribution < 1.29 is 8.42 Å². The molecule has 0 aromatic carbocycles. The van der Waals surface area contributed by atoms with Crippen molar-refractivity contribution in [3.05, 3.63) is 23.9 Å². The third-order valence-corrected chi connectivity index (χ3v) is 3.11. The lowest BCUT2D eigenvalue weighted by Gasteiger charge is -2.20. The number of rotatable bonds is 3. The fourth-order valence-corrected chi connectivity index (χ4v) is 2.52. The van der Waals surface area contributed by atoms with E-state index in [-0.39, 0.29) is 12.4 Å². The molecule has 4 N–H and O–H groups in total. The Balaban J connectivity index is 2.88. The molecule has 0 saturated carbocycles. The van der Waals surface area contributed by atoms with Gasteiger partial charge in [0.25, 0.3) is 0 Å². The van der Waals surface area contributed by atoms with Crippen LogP contribution in [0.25, 0.3) is 0 Å². The molecule has 0 aliphatic carbocycles. The van der Waals surface area contributed by atoms with E-state index in [0.717, 1.165) is 0 Å². The third-order valence-electron chi connectivity index (χ3n) is 1.75. The largest absolute Gasteiger partial charge is 0.320 e. The molecule has 0 fully saturated rings. The van der Waals surface area contributed by atoms with E-state index in [2.05, 4.69) is 26.3 Å². The van der Waals surface area contributed by atoms with Crippen LogP contribution in [0.2, 0.25) is 0 Å². The Morgan fingerprint density at radius 2 is 2.05 bits per heavy atom. The van der Waals surface area contributed by atoms with E-state index in [1.807, 2.05) is 0 Å². The first kappa shape index (κ1) is 15.4. The van der Waals surface area contributed by atoms with Gasteiger partial charge in [0.1, 0.15) is 11.5 Å². The molecule has 0 spiro atoms. The summed E-state index contributed by atoms with van der Waals surface area (Å²) in [5.74, 6) is 5.60. The van der Waals surface area contributed by atoms with Crippen LogP contribution < -0.4 is 15.2 Å². The molecule has 0 aliphatic heterocycles. The number of nitrogens with two attached hydrogens (primary N) is 1. The molecule has 1 heterocycles. The van der Waals surface area contributed by atoms with Gasteiger partial charge in [-0.05, 0) is 38.8 Å². The van der Waals surface area contributed by atoms with Gasteiger partial charge in [-0.25, -0.2) is 4.98 Å². The van der Waals surface area contributed by atoms with Gasteiger partial charge < -0.3 is 5.73 Å².